The summed E-state index contributed by atoms with van der Waals surface area (Å²) < 4.78 is 7.90. The van der Waals surface area contributed by atoms with Gasteiger partial charge in [0.25, 0.3) is 5.91 Å². The van der Waals surface area contributed by atoms with Crippen LogP contribution in [-0.2, 0) is 13.0 Å². The lowest BCUT2D eigenvalue weighted by Crippen LogP contribution is -2.37. The summed E-state index contributed by atoms with van der Waals surface area (Å²) >= 11 is 0. The SMILES string of the molecule is Cc1cc(C(=O)NCCCCCCc2ccccc2)c(-c2cccc(OC(=O)NC3CCCCC3)c2)n1Cc1ccccc1. The molecular formula is C38H45N3O3. The molecule has 1 fully saturated rings. The van der Waals surface area contributed by atoms with Gasteiger partial charge in [-0.05, 0) is 68.4 Å². The summed E-state index contributed by atoms with van der Waals surface area (Å²) in [5.74, 6) is 0.378. The lowest BCUT2D eigenvalue weighted by molar-refractivity contribution is 0.0953. The van der Waals surface area contributed by atoms with Crippen LogP contribution >= 0.6 is 0 Å². The second-order valence-electron chi connectivity index (χ2n) is 11.9. The van der Waals surface area contributed by atoms with Crippen molar-refractivity contribution >= 4 is 12.0 Å². The van der Waals surface area contributed by atoms with E-state index in [9.17, 15) is 9.59 Å². The van der Waals surface area contributed by atoms with Gasteiger partial charge in [0.2, 0.25) is 0 Å². The number of amides is 2. The molecule has 1 saturated carbocycles. The first-order valence-electron chi connectivity index (χ1n) is 16.2. The number of carbonyl (C=O) groups excluding carboxylic acids is 2. The molecule has 6 nitrogen and oxygen atoms in total. The summed E-state index contributed by atoms with van der Waals surface area (Å²) in [6.07, 6.45) is 10.5. The van der Waals surface area contributed by atoms with Crippen molar-refractivity contribution in [2.75, 3.05) is 6.54 Å². The fraction of sp³-hybridized carbons (Fsp3) is 0.368. The number of unbranched alkanes of at least 4 members (excludes halogenated alkanes) is 3. The summed E-state index contributed by atoms with van der Waals surface area (Å²) in [5, 5.41) is 6.19. The number of hydrogen-bond acceptors (Lipinski definition) is 3. The molecule has 3 aromatic carbocycles. The van der Waals surface area contributed by atoms with Crippen LogP contribution in [0, 0.1) is 6.92 Å². The first kappa shape index (κ1) is 31.1. The van der Waals surface area contributed by atoms with E-state index in [1.807, 2.05) is 49.4 Å². The molecule has 0 bridgehead atoms. The standard InChI is InChI=1S/C38H45N3O3/c1-29-26-35(37(42)39-25-14-3-2-7-16-30-17-8-4-9-18-30)36(41(29)28-31-19-10-5-11-20-31)32-21-15-24-34(27-32)44-38(43)40-33-22-12-6-13-23-33/h4-5,8-11,15,17-21,24,26-27,33H,2-3,6-7,12-14,16,22-23,25,28H2,1H3,(H,39,42)(H,40,43). The predicted octanol–water partition coefficient (Wildman–Crippen LogP) is 8.47. The number of aromatic nitrogens is 1. The minimum Gasteiger partial charge on any atom is -0.410 e. The van der Waals surface area contributed by atoms with Crippen molar-refractivity contribution in [1.29, 1.82) is 0 Å². The van der Waals surface area contributed by atoms with Crippen LogP contribution in [0.15, 0.2) is 91.0 Å². The molecule has 44 heavy (non-hydrogen) atoms. The summed E-state index contributed by atoms with van der Waals surface area (Å²) in [4.78, 5) is 26.3. The molecule has 0 saturated heterocycles. The van der Waals surface area contributed by atoms with Crippen molar-refractivity contribution in [3.8, 4) is 17.0 Å². The number of hydrogen-bond donors (Lipinski definition) is 2. The lowest BCUT2D eigenvalue weighted by atomic mass is 9.96. The Labute approximate surface area is 261 Å². The Morgan fingerprint density at radius 1 is 0.795 bits per heavy atom. The Bertz CT molecular complexity index is 1490. The molecule has 0 spiro atoms. The van der Waals surface area contributed by atoms with E-state index >= 15 is 0 Å². The predicted molar refractivity (Wildman–Crippen MR) is 177 cm³/mol. The Hall–Kier alpha value is -4.32. The first-order valence-corrected chi connectivity index (χ1v) is 16.2. The number of aryl methyl sites for hydroxylation is 2. The van der Waals surface area contributed by atoms with Crippen LogP contribution in [0.3, 0.4) is 0 Å². The van der Waals surface area contributed by atoms with Crippen molar-refractivity contribution in [2.24, 2.45) is 0 Å². The van der Waals surface area contributed by atoms with Crippen LogP contribution in [0.25, 0.3) is 11.3 Å². The van der Waals surface area contributed by atoms with Gasteiger partial charge < -0.3 is 19.9 Å². The van der Waals surface area contributed by atoms with E-state index in [1.54, 1.807) is 6.07 Å². The smallest absolute Gasteiger partial charge is 0.410 e. The van der Waals surface area contributed by atoms with Crippen LogP contribution < -0.4 is 15.4 Å². The molecule has 4 aromatic rings. The molecule has 2 N–H and O–H groups in total. The molecule has 5 rings (SSSR count). The van der Waals surface area contributed by atoms with Gasteiger partial charge in [-0.2, -0.15) is 0 Å². The van der Waals surface area contributed by atoms with E-state index in [0.29, 0.717) is 24.4 Å². The summed E-state index contributed by atoms with van der Waals surface area (Å²) in [7, 11) is 0. The maximum atomic E-state index is 13.6. The molecule has 230 valence electrons. The second-order valence-corrected chi connectivity index (χ2v) is 11.9. The zero-order valence-electron chi connectivity index (χ0n) is 25.9. The second kappa shape index (κ2) is 15.9. The van der Waals surface area contributed by atoms with Crippen molar-refractivity contribution in [2.45, 2.75) is 83.7 Å². The molecule has 1 heterocycles. The lowest BCUT2D eigenvalue weighted by Gasteiger charge is -2.22. The van der Waals surface area contributed by atoms with E-state index in [0.717, 1.165) is 80.3 Å². The molecule has 0 atom stereocenters. The zero-order chi connectivity index (χ0) is 30.6. The summed E-state index contributed by atoms with van der Waals surface area (Å²) in [5.41, 5.74) is 5.81. The van der Waals surface area contributed by atoms with Gasteiger partial charge in [0.15, 0.2) is 0 Å². The molecule has 6 heteroatoms. The summed E-state index contributed by atoms with van der Waals surface area (Å²) in [6.45, 7) is 3.30. The zero-order valence-corrected chi connectivity index (χ0v) is 25.9. The van der Waals surface area contributed by atoms with Crippen LogP contribution in [0.2, 0.25) is 0 Å². The number of rotatable bonds is 13. The minimum absolute atomic E-state index is 0.0828. The van der Waals surface area contributed by atoms with Gasteiger partial charge in [0.05, 0.1) is 11.3 Å². The third-order valence-corrected chi connectivity index (χ3v) is 8.50. The van der Waals surface area contributed by atoms with Crippen LogP contribution in [0.5, 0.6) is 5.75 Å². The highest BCUT2D eigenvalue weighted by molar-refractivity contribution is 6.00. The number of benzene rings is 3. The van der Waals surface area contributed by atoms with Crippen LogP contribution in [0.4, 0.5) is 4.79 Å². The van der Waals surface area contributed by atoms with Gasteiger partial charge in [0, 0.05) is 30.4 Å². The Morgan fingerprint density at radius 2 is 1.50 bits per heavy atom. The Kier molecular flexibility index (Phi) is 11.3. The van der Waals surface area contributed by atoms with Crippen LogP contribution in [0.1, 0.15) is 85.0 Å². The molecule has 0 radical (unpaired) electrons. The van der Waals surface area contributed by atoms with Crippen molar-refractivity contribution in [3.63, 3.8) is 0 Å². The van der Waals surface area contributed by atoms with Gasteiger partial charge in [0.1, 0.15) is 5.75 Å². The fourth-order valence-corrected chi connectivity index (χ4v) is 6.14. The van der Waals surface area contributed by atoms with Gasteiger partial charge in [-0.1, -0.05) is 105 Å². The maximum Gasteiger partial charge on any atom is 0.412 e. The molecule has 1 aromatic heterocycles. The largest absolute Gasteiger partial charge is 0.412 e. The average Bonchev–Trinajstić information content (AvgIpc) is 3.37. The Balaban J connectivity index is 1.26. The maximum absolute atomic E-state index is 13.6. The van der Waals surface area contributed by atoms with Crippen molar-refractivity contribution in [3.05, 3.63) is 113 Å². The number of ether oxygens (including phenoxy) is 1. The fourth-order valence-electron chi connectivity index (χ4n) is 6.14. The number of carbonyl (C=O) groups is 2. The van der Waals surface area contributed by atoms with Crippen LogP contribution in [-0.4, -0.2) is 29.2 Å². The van der Waals surface area contributed by atoms with Gasteiger partial charge >= 0.3 is 6.09 Å². The highest BCUT2D eigenvalue weighted by atomic mass is 16.6. The number of nitrogens with one attached hydrogen (secondary N) is 2. The van der Waals surface area contributed by atoms with Gasteiger partial charge in [-0.25, -0.2) is 4.79 Å². The van der Waals surface area contributed by atoms with Gasteiger partial charge in [-0.3, -0.25) is 4.79 Å². The van der Waals surface area contributed by atoms with Crippen molar-refractivity contribution < 1.29 is 14.3 Å². The van der Waals surface area contributed by atoms with E-state index in [-0.39, 0.29) is 11.9 Å². The molecule has 2 amide bonds. The normalized spacial score (nSPS) is 13.4. The summed E-state index contributed by atoms with van der Waals surface area (Å²) in [6, 6.07) is 30.5. The molecular weight excluding hydrogens is 546 g/mol. The molecule has 0 unspecified atom stereocenters. The monoisotopic (exact) mass is 591 g/mol. The molecule has 0 aliphatic heterocycles. The highest BCUT2D eigenvalue weighted by Crippen LogP contribution is 2.31. The van der Waals surface area contributed by atoms with E-state index in [4.69, 9.17) is 4.74 Å². The third kappa shape index (κ3) is 8.85. The topological polar surface area (TPSA) is 72.4 Å². The van der Waals surface area contributed by atoms with Gasteiger partial charge in [-0.15, -0.1) is 0 Å². The van der Waals surface area contributed by atoms with E-state index < -0.39 is 6.09 Å². The van der Waals surface area contributed by atoms with Crippen molar-refractivity contribution in [1.82, 2.24) is 15.2 Å². The average molecular weight is 592 g/mol. The quantitative estimate of drug-likeness (QED) is 0.153. The van der Waals surface area contributed by atoms with E-state index in [1.165, 1.54) is 12.0 Å². The first-order chi connectivity index (χ1) is 21.6. The minimum atomic E-state index is -0.424. The number of nitrogens with zero attached hydrogens (tertiary/aromatic N) is 1. The molecule has 1 aliphatic carbocycles. The Morgan fingerprint density at radius 3 is 2.25 bits per heavy atom. The third-order valence-electron chi connectivity index (χ3n) is 8.50. The van der Waals surface area contributed by atoms with E-state index in [2.05, 4.69) is 57.7 Å². The molecule has 1 aliphatic rings. The highest BCUT2D eigenvalue weighted by Gasteiger charge is 2.22.